The minimum Gasteiger partial charge on any atom is -0.439 e. The molecule has 0 radical (unpaired) electrons. The van der Waals surface area contributed by atoms with Crippen molar-refractivity contribution in [3.8, 4) is 28.6 Å². The van der Waals surface area contributed by atoms with Gasteiger partial charge >= 0.3 is 0 Å². The Morgan fingerprint density at radius 1 is 1.00 bits per heavy atom. The van der Waals surface area contributed by atoms with Gasteiger partial charge in [-0.2, -0.15) is 0 Å². The molecule has 27 heavy (non-hydrogen) atoms. The molecule has 0 saturated carbocycles. The molecule has 8 nitrogen and oxygen atoms in total. The first-order valence-corrected chi connectivity index (χ1v) is 8.06. The van der Waals surface area contributed by atoms with Crippen LogP contribution in [-0.4, -0.2) is 24.9 Å². The van der Waals surface area contributed by atoms with Gasteiger partial charge in [0.1, 0.15) is 5.75 Å². The fourth-order valence-corrected chi connectivity index (χ4v) is 2.60. The molecule has 4 rings (SSSR count). The summed E-state index contributed by atoms with van der Waals surface area (Å²) in [6.45, 7) is 0. The van der Waals surface area contributed by atoms with Crippen LogP contribution in [0, 0.1) is 10.1 Å². The van der Waals surface area contributed by atoms with Crippen LogP contribution in [-0.2, 0) is 0 Å². The summed E-state index contributed by atoms with van der Waals surface area (Å²) in [5, 5.41) is 19.1. The summed E-state index contributed by atoms with van der Waals surface area (Å²) < 4.78 is 7.42. The molecule has 0 unspecified atom stereocenters. The van der Waals surface area contributed by atoms with Crippen LogP contribution in [0.15, 0.2) is 79.1 Å². The number of aromatic nitrogens is 4. The number of nitrogens with zero attached hydrogens (tertiary/aromatic N) is 5. The largest absolute Gasteiger partial charge is 0.439 e. The third kappa shape index (κ3) is 3.49. The standard InChI is InChI=1S/C19H13N5O3/c25-24(26)17-9-10-18(21-19(17)14-5-2-1-3-6-14)27-16-8-4-7-15(13-16)23-12-11-20-22-23/h1-13H. The molecule has 0 fully saturated rings. The number of nitro groups is 1. The zero-order valence-corrected chi connectivity index (χ0v) is 14.0. The first-order chi connectivity index (χ1) is 13.2. The van der Waals surface area contributed by atoms with Crippen LogP contribution >= 0.6 is 0 Å². The molecule has 8 heteroatoms. The maximum Gasteiger partial charge on any atom is 0.295 e. The summed E-state index contributed by atoms with van der Waals surface area (Å²) in [4.78, 5) is 15.2. The predicted octanol–water partition coefficient (Wildman–Crippen LogP) is 4.03. The van der Waals surface area contributed by atoms with Crippen molar-refractivity contribution in [3.05, 3.63) is 89.2 Å². The molecule has 2 aromatic carbocycles. The Bertz CT molecular complexity index is 1080. The van der Waals surface area contributed by atoms with Crippen molar-refractivity contribution in [2.75, 3.05) is 0 Å². The second-order valence-electron chi connectivity index (χ2n) is 5.59. The number of benzene rings is 2. The fourth-order valence-electron chi connectivity index (χ4n) is 2.60. The normalized spacial score (nSPS) is 10.5. The van der Waals surface area contributed by atoms with Crippen LogP contribution in [0.2, 0.25) is 0 Å². The number of ether oxygens (including phenoxy) is 1. The number of pyridine rings is 1. The van der Waals surface area contributed by atoms with Crippen molar-refractivity contribution < 1.29 is 9.66 Å². The molecule has 2 aromatic heterocycles. The van der Waals surface area contributed by atoms with Crippen LogP contribution in [0.1, 0.15) is 0 Å². The van der Waals surface area contributed by atoms with E-state index in [0.29, 0.717) is 11.3 Å². The quantitative estimate of drug-likeness (QED) is 0.394. The summed E-state index contributed by atoms with van der Waals surface area (Å²) >= 11 is 0. The third-order valence-corrected chi connectivity index (χ3v) is 3.82. The Morgan fingerprint density at radius 2 is 1.85 bits per heavy atom. The van der Waals surface area contributed by atoms with E-state index >= 15 is 0 Å². The van der Waals surface area contributed by atoms with Crippen LogP contribution in [0.3, 0.4) is 0 Å². The van der Waals surface area contributed by atoms with E-state index in [0.717, 1.165) is 5.69 Å². The number of hydrogen-bond donors (Lipinski definition) is 0. The summed E-state index contributed by atoms with van der Waals surface area (Å²) in [7, 11) is 0. The fraction of sp³-hybridized carbons (Fsp3) is 0. The van der Waals surface area contributed by atoms with E-state index in [2.05, 4.69) is 15.3 Å². The highest BCUT2D eigenvalue weighted by Crippen LogP contribution is 2.31. The summed E-state index contributed by atoms with van der Waals surface area (Å²) in [6, 6.07) is 19.1. The Balaban J connectivity index is 1.69. The molecule has 0 aliphatic carbocycles. The van der Waals surface area contributed by atoms with Gasteiger partial charge in [0, 0.05) is 23.8 Å². The molecule has 0 spiro atoms. The highest BCUT2D eigenvalue weighted by molar-refractivity contribution is 5.70. The Morgan fingerprint density at radius 3 is 2.59 bits per heavy atom. The van der Waals surface area contributed by atoms with Crippen LogP contribution in [0.4, 0.5) is 5.69 Å². The van der Waals surface area contributed by atoms with Gasteiger partial charge in [-0.25, -0.2) is 9.67 Å². The molecule has 0 bridgehead atoms. The van der Waals surface area contributed by atoms with E-state index in [4.69, 9.17) is 4.74 Å². The average Bonchev–Trinajstić information content (AvgIpc) is 3.24. The SMILES string of the molecule is O=[N+]([O-])c1ccc(Oc2cccc(-n3ccnn3)c2)nc1-c1ccccc1. The topological polar surface area (TPSA) is 96.0 Å². The van der Waals surface area contributed by atoms with E-state index < -0.39 is 4.92 Å². The molecular formula is C19H13N5O3. The van der Waals surface area contributed by atoms with E-state index in [-0.39, 0.29) is 17.3 Å². The van der Waals surface area contributed by atoms with Crippen molar-refractivity contribution in [1.29, 1.82) is 0 Å². The van der Waals surface area contributed by atoms with E-state index in [9.17, 15) is 10.1 Å². The van der Waals surface area contributed by atoms with Gasteiger partial charge in [-0.1, -0.05) is 41.6 Å². The number of rotatable bonds is 5. The Labute approximate surface area is 153 Å². The maximum atomic E-state index is 11.3. The highest BCUT2D eigenvalue weighted by atomic mass is 16.6. The minimum absolute atomic E-state index is 0.0788. The zero-order valence-electron chi connectivity index (χ0n) is 14.0. The second kappa shape index (κ2) is 7.04. The van der Waals surface area contributed by atoms with Gasteiger partial charge in [0.15, 0.2) is 5.69 Å². The van der Waals surface area contributed by atoms with Crippen molar-refractivity contribution in [2.24, 2.45) is 0 Å². The van der Waals surface area contributed by atoms with E-state index in [1.54, 1.807) is 53.5 Å². The van der Waals surface area contributed by atoms with Crippen LogP contribution in [0.25, 0.3) is 16.9 Å². The molecule has 2 heterocycles. The lowest BCUT2D eigenvalue weighted by molar-refractivity contribution is -0.384. The second-order valence-corrected chi connectivity index (χ2v) is 5.59. The van der Waals surface area contributed by atoms with Gasteiger partial charge in [0.05, 0.1) is 23.0 Å². The summed E-state index contributed by atoms with van der Waals surface area (Å²) in [5.74, 6) is 0.790. The van der Waals surface area contributed by atoms with Crippen molar-refractivity contribution >= 4 is 5.69 Å². The Hall–Kier alpha value is -4.07. The molecule has 4 aromatic rings. The molecular weight excluding hydrogens is 346 g/mol. The van der Waals surface area contributed by atoms with E-state index in [1.807, 2.05) is 18.2 Å². The monoisotopic (exact) mass is 359 g/mol. The minimum atomic E-state index is -0.454. The first-order valence-electron chi connectivity index (χ1n) is 8.06. The lowest BCUT2D eigenvalue weighted by atomic mass is 10.1. The molecule has 132 valence electrons. The van der Waals surface area contributed by atoms with Gasteiger partial charge < -0.3 is 4.74 Å². The van der Waals surface area contributed by atoms with Crippen LogP contribution < -0.4 is 4.74 Å². The zero-order chi connectivity index (χ0) is 18.6. The summed E-state index contributed by atoms with van der Waals surface area (Å²) in [5.41, 5.74) is 1.59. The van der Waals surface area contributed by atoms with Gasteiger partial charge in [0.25, 0.3) is 5.69 Å². The molecule has 0 amide bonds. The molecule has 0 saturated heterocycles. The van der Waals surface area contributed by atoms with Crippen molar-refractivity contribution in [2.45, 2.75) is 0 Å². The molecule has 0 aliphatic rings. The van der Waals surface area contributed by atoms with Gasteiger partial charge in [-0.05, 0) is 12.1 Å². The van der Waals surface area contributed by atoms with Crippen LogP contribution in [0.5, 0.6) is 11.6 Å². The smallest absolute Gasteiger partial charge is 0.295 e. The summed E-state index contributed by atoms with van der Waals surface area (Å²) in [6.07, 6.45) is 3.30. The average molecular weight is 359 g/mol. The molecule has 0 N–H and O–H groups in total. The van der Waals surface area contributed by atoms with Gasteiger partial charge in [-0.15, -0.1) is 5.10 Å². The predicted molar refractivity (Wildman–Crippen MR) is 97.8 cm³/mol. The first kappa shape index (κ1) is 16.4. The lowest BCUT2D eigenvalue weighted by Gasteiger charge is -2.09. The van der Waals surface area contributed by atoms with E-state index in [1.165, 1.54) is 12.1 Å². The molecule has 0 atom stereocenters. The third-order valence-electron chi connectivity index (χ3n) is 3.82. The van der Waals surface area contributed by atoms with Gasteiger partial charge in [-0.3, -0.25) is 10.1 Å². The van der Waals surface area contributed by atoms with Crippen molar-refractivity contribution in [3.63, 3.8) is 0 Å². The van der Waals surface area contributed by atoms with Crippen molar-refractivity contribution in [1.82, 2.24) is 20.0 Å². The Kier molecular flexibility index (Phi) is 4.28. The lowest BCUT2D eigenvalue weighted by Crippen LogP contribution is -1.98. The van der Waals surface area contributed by atoms with Gasteiger partial charge in [0.2, 0.25) is 5.88 Å². The maximum absolute atomic E-state index is 11.3. The highest BCUT2D eigenvalue weighted by Gasteiger charge is 2.18. The number of hydrogen-bond acceptors (Lipinski definition) is 6. The molecule has 0 aliphatic heterocycles.